The molecular weight excluding hydrogens is 429 g/mol. The molecule has 6 nitrogen and oxygen atoms in total. The van der Waals surface area contributed by atoms with Gasteiger partial charge in [-0.3, -0.25) is 4.79 Å². The highest BCUT2D eigenvalue weighted by Gasteiger charge is 2.14. The van der Waals surface area contributed by atoms with Gasteiger partial charge in [0.15, 0.2) is 0 Å². The van der Waals surface area contributed by atoms with Crippen molar-refractivity contribution in [3.05, 3.63) is 45.9 Å². The molecule has 0 unspecified atom stereocenters. The van der Waals surface area contributed by atoms with Gasteiger partial charge in [0.2, 0.25) is 5.91 Å². The molecule has 3 rings (SSSR count). The van der Waals surface area contributed by atoms with Crippen LogP contribution in [0.1, 0.15) is 5.76 Å². The maximum absolute atomic E-state index is 12.0. The number of hydrogen-bond donors (Lipinski definition) is 1. The highest BCUT2D eigenvalue weighted by molar-refractivity contribution is 14.1. The van der Waals surface area contributed by atoms with Crippen molar-refractivity contribution in [3.8, 4) is 11.5 Å². The highest BCUT2D eigenvalue weighted by atomic mass is 127. The monoisotopic (exact) mass is 441 g/mol. The summed E-state index contributed by atoms with van der Waals surface area (Å²) in [5, 5.41) is 11.1. The Balaban J connectivity index is 1.59. The van der Waals surface area contributed by atoms with E-state index in [0.29, 0.717) is 16.9 Å². The Morgan fingerprint density at radius 1 is 1.30 bits per heavy atom. The number of hydrogen-bond acceptors (Lipinski definition) is 6. The molecule has 0 saturated heterocycles. The number of nitrogens with zero attached hydrogens (tertiary/aromatic N) is 2. The minimum atomic E-state index is -0.127. The molecule has 23 heavy (non-hydrogen) atoms. The topological polar surface area (TPSA) is 81.2 Å². The van der Waals surface area contributed by atoms with Crippen molar-refractivity contribution in [2.24, 2.45) is 0 Å². The van der Waals surface area contributed by atoms with E-state index in [-0.39, 0.29) is 11.7 Å². The molecule has 0 aliphatic rings. The van der Waals surface area contributed by atoms with Crippen LogP contribution in [0.15, 0.2) is 50.7 Å². The number of aryl methyl sites for hydroxylation is 1. The first-order valence-corrected chi connectivity index (χ1v) is 8.75. The second-order valence-electron chi connectivity index (χ2n) is 4.58. The number of benzene rings is 1. The van der Waals surface area contributed by atoms with Crippen LogP contribution in [0.25, 0.3) is 11.5 Å². The third-order valence-corrected chi connectivity index (χ3v) is 4.73. The Morgan fingerprint density at radius 2 is 2.13 bits per heavy atom. The Bertz CT molecular complexity index is 831. The molecule has 0 saturated carbocycles. The molecule has 0 fully saturated rings. The molecule has 0 bridgehead atoms. The maximum Gasteiger partial charge on any atom is 0.277 e. The van der Waals surface area contributed by atoms with Gasteiger partial charge in [0, 0.05) is 3.57 Å². The lowest BCUT2D eigenvalue weighted by atomic mass is 10.3. The van der Waals surface area contributed by atoms with Crippen molar-refractivity contribution in [1.29, 1.82) is 0 Å². The van der Waals surface area contributed by atoms with E-state index in [9.17, 15) is 4.79 Å². The second kappa shape index (κ2) is 7.18. The predicted molar refractivity (Wildman–Crippen MR) is 95.2 cm³/mol. The standard InChI is InChI=1S/C15H12IN3O3S/c1-9-10(6-7-21-9)14-18-19-15(22-14)23-8-13(20)17-12-5-3-2-4-11(12)16/h2-7H,8H2,1H3,(H,17,20). The van der Waals surface area contributed by atoms with Gasteiger partial charge in [-0.2, -0.15) is 0 Å². The summed E-state index contributed by atoms with van der Waals surface area (Å²) < 4.78 is 11.7. The van der Waals surface area contributed by atoms with E-state index in [2.05, 4.69) is 38.1 Å². The molecule has 0 radical (unpaired) electrons. The summed E-state index contributed by atoms with van der Waals surface area (Å²) in [5.41, 5.74) is 1.55. The van der Waals surface area contributed by atoms with Gasteiger partial charge in [-0.25, -0.2) is 0 Å². The van der Waals surface area contributed by atoms with E-state index in [4.69, 9.17) is 8.83 Å². The van der Waals surface area contributed by atoms with Crippen LogP contribution in [-0.4, -0.2) is 21.9 Å². The molecule has 8 heteroatoms. The molecule has 1 aromatic carbocycles. The van der Waals surface area contributed by atoms with Crippen molar-refractivity contribution < 1.29 is 13.6 Å². The van der Waals surface area contributed by atoms with Crippen molar-refractivity contribution in [3.63, 3.8) is 0 Å². The third kappa shape index (κ3) is 3.94. The van der Waals surface area contributed by atoms with Gasteiger partial charge in [-0.15, -0.1) is 10.2 Å². The molecular formula is C15H12IN3O3S. The first-order valence-electron chi connectivity index (χ1n) is 6.68. The quantitative estimate of drug-likeness (QED) is 0.477. The molecule has 1 N–H and O–H groups in total. The van der Waals surface area contributed by atoms with Crippen LogP contribution in [0.4, 0.5) is 5.69 Å². The fraction of sp³-hybridized carbons (Fsp3) is 0.133. The maximum atomic E-state index is 12.0. The number of carbonyl (C=O) groups is 1. The number of halogens is 1. The molecule has 0 spiro atoms. The number of furan rings is 1. The van der Waals surface area contributed by atoms with Gasteiger partial charge in [0.1, 0.15) is 5.76 Å². The third-order valence-electron chi connectivity index (χ3n) is 2.97. The first kappa shape index (κ1) is 16.1. The Kier molecular flexibility index (Phi) is 5.01. The van der Waals surface area contributed by atoms with Crippen molar-refractivity contribution in [2.75, 3.05) is 11.1 Å². The number of para-hydroxylation sites is 1. The van der Waals surface area contributed by atoms with Crippen LogP contribution < -0.4 is 5.32 Å². The minimum Gasteiger partial charge on any atom is -0.469 e. The summed E-state index contributed by atoms with van der Waals surface area (Å²) in [6.07, 6.45) is 1.57. The molecule has 0 atom stereocenters. The van der Waals surface area contributed by atoms with E-state index < -0.39 is 0 Å². The zero-order chi connectivity index (χ0) is 16.2. The minimum absolute atomic E-state index is 0.127. The normalized spacial score (nSPS) is 10.7. The summed E-state index contributed by atoms with van der Waals surface area (Å²) in [5.74, 6) is 1.16. The second-order valence-corrected chi connectivity index (χ2v) is 6.67. The lowest BCUT2D eigenvalue weighted by Gasteiger charge is -2.05. The number of thioether (sulfide) groups is 1. The number of aromatic nitrogens is 2. The molecule has 2 aromatic heterocycles. The molecule has 0 aliphatic heterocycles. The van der Waals surface area contributed by atoms with Crippen LogP contribution in [0.3, 0.4) is 0 Å². The van der Waals surface area contributed by atoms with Crippen LogP contribution in [0.5, 0.6) is 0 Å². The SMILES string of the molecule is Cc1occc1-c1nnc(SCC(=O)Nc2ccccc2I)o1. The summed E-state index contributed by atoms with van der Waals surface area (Å²) in [6.45, 7) is 1.82. The van der Waals surface area contributed by atoms with Gasteiger partial charge in [0.05, 0.1) is 23.3 Å². The smallest absolute Gasteiger partial charge is 0.277 e. The van der Waals surface area contributed by atoms with E-state index in [1.54, 1.807) is 12.3 Å². The number of amides is 1. The lowest BCUT2D eigenvalue weighted by molar-refractivity contribution is -0.113. The van der Waals surface area contributed by atoms with Gasteiger partial charge in [-0.05, 0) is 47.7 Å². The molecule has 2 heterocycles. The number of nitrogens with one attached hydrogen (secondary N) is 1. The van der Waals surface area contributed by atoms with E-state index in [1.807, 2.05) is 31.2 Å². The zero-order valence-electron chi connectivity index (χ0n) is 12.1. The Hall–Kier alpha value is -1.81. The van der Waals surface area contributed by atoms with Crippen LogP contribution in [0.2, 0.25) is 0 Å². The molecule has 0 aliphatic carbocycles. The lowest BCUT2D eigenvalue weighted by Crippen LogP contribution is -2.14. The van der Waals surface area contributed by atoms with Crippen molar-refractivity contribution in [2.45, 2.75) is 12.1 Å². The summed E-state index contributed by atoms with van der Waals surface area (Å²) in [4.78, 5) is 12.0. The average Bonchev–Trinajstić information content (AvgIpc) is 3.16. The van der Waals surface area contributed by atoms with E-state index >= 15 is 0 Å². The fourth-order valence-electron chi connectivity index (χ4n) is 1.86. The number of rotatable bonds is 5. The summed E-state index contributed by atoms with van der Waals surface area (Å²) in [6, 6.07) is 9.35. The number of anilines is 1. The van der Waals surface area contributed by atoms with Gasteiger partial charge in [0.25, 0.3) is 11.1 Å². The van der Waals surface area contributed by atoms with Crippen molar-refractivity contribution in [1.82, 2.24) is 10.2 Å². The van der Waals surface area contributed by atoms with Gasteiger partial charge >= 0.3 is 0 Å². The average molecular weight is 441 g/mol. The van der Waals surface area contributed by atoms with E-state index in [1.165, 1.54) is 11.8 Å². The molecule has 1 amide bonds. The first-order chi connectivity index (χ1) is 11.1. The van der Waals surface area contributed by atoms with Gasteiger partial charge in [-0.1, -0.05) is 23.9 Å². The Morgan fingerprint density at radius 3 is 2.87 bits per heavy atom. The largest absolute Gasteiger partial charge is 0.469 e. The highest BCUT2D eigenvalue weighted by Crippen LogP contribution is 2.26. The van der Waals surface area contributed by atoms with Crippen LogP contribution >= 0.6 is 34.4 Å². The summed E-state index contributed by atoms with van der Waals surface area (Å²) >= 11 is 3.37. The molecule has 3 aromatic rings. The summed E-state index contributed by atoms with van der Waals surface area (Å²) in [7, 11) is 0. The number of carbonyl (C=O) groups excluding carboxylic acids is 1. The van der Waals surface area contributed by atoms with E-state index in [0.717, 1.165) is 14.8 Å². The molecule has 118 valence electrons. The fourth-order valence-corrected chi connectivity index (χ4v) is 2.95. The van der Waals surface area contributed by atoms with Gasteiger partial charge < -0.3 is 14.2 Å². The Labute approximate surface area is 150 Å². The van der Waals surface area contributed by atoms with Crippen molar-refractivity contribution >= 4 is 45.9 Å². The van der Waals surface area contributed by atoms with Crippen LogP contribution in [0, 0.1) is 10.5 Å². The van der Waals surface area contributed by atoms with Crippen LogP contribution in [-0.2, 0) is 4.79 Å². The zero-order valence-corrected chi connectivity index (χ0v) is 15.1. The predicted octanol–water partition coefficient (Wildman–Crippen LogP) is 3.97.